The van der Waals surface area contributed by atoms with Gasteiger partial charge in [0.2, 0.25) is 5.91 Å². The van der Waals surface area contributed by atoms with Crippen molar-refractivity contribution in [1.29, 1.82) is 0 Å². The first kappa shape index (κ1) is 17.6. The number of aryl methyl sites for hydroxylation is 1. The Hall–Kier alpha value is -3.53. The van der Waals surface area contributed by atoms with Gasteiger partial charge >= 0.3 is 0 Å². The van der Waals surface area contributed by atoms with Gasteiger partial charge in [0.1, 0.15) is 11.2 Å². The van der Waals surface area contributed by atoms with Crippen molar-refractivity contribution in [2.75, 3.05) is 19.1 Å². The number of fused-ring (bicyclic) bond motifs is 2. The maximum absolute atomic E-state index is 14.0. The van der Waals surface area contributed by atoms with Crippen LogP contribution in [0.5, 0.6) is 5.75 Å². The molecule has 1 aliphatic heterocycles. The van der Waals surface area contributed by atoms with Crippen LogP contribution in [-0.2, 0) is 17.3 Å². The standard InChI is InChI=1S/C25H22N2O2/c1-26-16-21(19-11-7-8-12-22(19)26)25(17-9-5-4-6-10-17)20-15-18(29-3)13-14-23(20)27(2)24(25)28/h4-16H,1-3H3. The number of benzene rings is 3. The van der Waals surface area contributed by atoms with Gasteiger partial charge in [0.05, 0.1) is 7.11 Å². The van der Waals surface area contributed by atoms with Gasteiger partial charge in [-0.25, -0.2) is 0 Å². The van der Waals surface area contributed by atoms with E-state index >= 15 is 0 Å². The first-order valence-electron chi connectivity index (χ1n) is 9.65. The monoisotopic (exact) mass is 382 g/mol. The minimum Gasteiger partial charge on any atom is -0.497 e. The maximum atomic E-state index is 14.0. The molecular weight excluding hydrogens is 360 g/mol. The topological polar surface area (TPSA) is 34.5 Å². The second-order valence-corrected chi connectivity index (χ2v) is 7.53. The van der Waals surface area contributed by atoms with Crippen molar-refractivity contribution < 1.29 is 9.53 Å². The summed E-state index contributed by atoms with van der Waals surface area (Å²) < 4.78 is 7.63. The van der Waals surface area contributed by atoms with Crippen LogP contribution in [0.3, 0.4) is 0 Å². The number of methoxy groups -OCH3 is 1. The van der Waals surface area contributed by atoms with Crippen molar-refractivity contribution in [3.63, 3.8) is 0 Å². The SMILES string of the molecule is COc1ccc2c(c1)C(c1ccccc1)(c1cn(C)c3ccccc13)C(=O)N2C. The van der Waals surface area contributed by atoms with E-state index in [1.54, 1.807) is 12.0 Å². The van der Waals surface area contributed by atoms with Gasteiger partial charge in [0.25, 0.3) is 0 Å². The summed E-state index contributed by atoms with van der Waals surface area (Å²) >= 11 is 0. The lowest BCUT2D eigenvalue weighted by atomic mass is 9.70. The molecule has 4 aromatic rings. The highest BCUT2D eigenvalue weighted by molar-refractivity contribution is 6.14. The van der Waals surface area contributed by atoms with E-state index in [1.807, 2.05) is 74.8 Å². The van der Waals surface area contributed by atoms with Crippen LogP contribution in [0.2, 0.25) is 0 Å². The van der Waals surface area contributed by atoms with E-state index in [9.17, 15) is 4.79 Å². The zero-order chi connectivity index (χ0) is 20.2. The van der Waals surface area contributed by atoms with Crippen LogP contribution in [0.1, 0.15) is 16.7 Å². The van der Waals surface area contributed by atoms with E-state index in [-0.39, 0.29) is 5.91 Å². The molecule has 0 saturated carbocycles. The molecule has 4 heteroatoms. The Bertz CT molecular complexity index is 1240. The predicted molar refractivity (Wildman–Crippen MR) is 116 cm³/mol. The number of carbonyl (C=O) groups excluding carboxylic acids is 1. The molecule has 4 nitrogen and oxygen atoms in total. The molecule has 0 bridgehead atoms. The number of carbonyl (C=O) groups is 1. The normalized spacial score (nSPS) is 18.3. The maximum Gasteiger partial charge on any atom is 0.246 e. The van der Waals surface area contributed by atoms with Gasteiger partial charge in [-0.05, 0) is 29.8 Å². The number of anilines is 1. The first-order valence-corrected chi connectivity index (χ1v) is 9.65. The number of rotatable bonds is 3. The molecule has 0 aliphatic carbocycles. The molecule has 29 heavy (non-hydrogen) atoms. The summed E-state index contributed by atoms with van der Waals surface area (Å²) in [4.78, 5) is 15.8. The number of likely N-dealkylation sites (N-methyl/N-ethyl adjacent to an activating group) is 1. The van der Waals surface area contributed by atoms with Crippen LogP contribution in [-0.4, -0.2) is 24.6 Å². The molecule has 3 aromatic carbocycles. The molecule has 0 spiro atoms. The second-order valence-electron chi connectivity index (χ2n) is 7.53. The molecule has 1 aromatic heterocycles. The highest BCUT2D eigenvalue weighted by Gasteiger charge is 2.53. The third-order valence-electron chi connectivity index (χ3n) is 6.10. The average molecular weight is 382 g/mol. The number of nitrogens with zero attached hydrogens (tertiary/aromatic N) is 2. The second kappa shape index (κ2) is 6.24. The number of hydrogen-bond donors (Lipinski definition) is 0. The number of hydrogen-bond acceptors (Lipinski definition) is 2. The van der Waals surface area contributed by atoms with Crippen LogP contribution in [0.25, 0.3) is 10.9 Å². The highest BCUT2D eigenvalue weighted by Crippen LogP contribution is 2.52. The molecule has 1 aliphatic rings. The zero-order valence-electron chi connectivity index (χ0n) is 16.7. The zero-order valence-corrected chi connectivity index (χ0v) is 16.7. The lowest BCUT2D eigenvalue weighted by Gasteiger charge is -2.29. The fourth-order valence-electron chi connectivity index (χ4n) is 4.73. The number of ether oxygens (including phenoxy) is 1. The molecule has 5 rings (SSSR count). The molecule has 1 atom stereocenters. The van der Waals surface area contributed by atoms with Gasteiger partial charge < -0.3 is 14.2 Å². The van der Waals surface area contributed by atoms with E-state index in [0.717, 1.165) is 39.0 Å². The number of para-hydroxylation sites is 1. The van der Waals surface area contributed by atoms with Gasteiger partial charge in [-0.3, -0.25) is 4.79 Å². The lowest BCUT2D eigenvalue weighted by molar-refractivity contribution is -0.120. The summed E-state index contributed by atoms with van der Waals surface area (Å²) in [5.74, 6) is 0.788. The van der Waals surface area contributed by atoms with E-state index in [2.05, 4.69) is 22.9 Å². The fraction of sp³-hybridized carbons (Fsp3) is 0.160. The highest BCUT2D eigenvalue weighted by atomic mass is 16.5. The van der Waals surface area contributed by atoms with Crippen molar-refractivity contribution in [2.45, 2.75) is 5.41 Å². The van der Waals surface area contributed by atoms with Gasteiger partial charge in [0.15, 0.2) is 0 Å². The Morgan fingerprint density at radius 2 is 1.59 bits per heavy atom. The molecule has 0 fully saturated rings. The van der Waals surface area contributed by atoms with Gasteiger partial charge in [0, 0.05) is 48.0 Å². The molecular formula is C25H22N2O2. The summed E-state index contributed by atoms with van der Waals surface area (Å²) in [5.41, 5.74) is 3.98. The summed E-state index contributed by atoms with van der Waals surface area (Å²) in [6.45, 7) is 0. The van der Waals surface area contributed by atoms with Gasteiger partial charge in [-0.1, -0.05) is 48.5 Å². The summed E-state index contributed by atoms with van der Waals surface area (Å²) in [5, 5.41) is 1.08. The largest absolute Gasteiger partial charge is 0.497 e. The Morgan fingerprint density at radius 1 is 0.862 bits per heavy atom. The fourth-order valence-corrected chi connectivity index (χ4v) is 4.73. The Kier molecular flexibility index (Phi) is 3.78. The molecule has 0 N–H and O–H groups in total. The van der Waals surface area contributed by atoms with Crippen molar-refractivity contribution in [1.82, 2.24) is 4.57 Å². The molecule has 144 valence electrons. The third kappa shape index (κ3) is 2.23. The molecule has 2 heterocycles. The third-order valence-corrected chi connectivity index (χ3v) is 6.10. The van der Waals surface area contributed by atoms with E-state index in [1.165, 1.54) is 0 Å². The Morgan fingerprint density at radius 3 is 2.34 bits per heavy atom. The first-order chi connectivity index (χ1) is 14.1. The van der Waals surface area contributed by atoms with Gasteiger partial charge in [-0.15, -0.1) is 0 Å². The van der Waals surface area contributed by atoms with Crippen LogP contribution >= 0.6 is 0 Å². The van der Waals surface area contributed by atoms with Gasteiger partial charge in [-0.2, -0.15) is 0 Å². The van der Waals surface area contributed by atoms with E-state index < -0.39 is 5.41 Å². The summed E-state index contributed by atoms with van der Waals surface area (Å²) in [6.07, 6.45) is 2.10. The van der Waals surface area contributed by atoms with Crippen molar-refractivity contribution in [3.05, 3.63) is 95.7 Å². The number of aromatic nitrogens is 1. The van der Waals surface area contributed by atoms with Crippen LogP contribution in [0.4, 0.5) is 5.69 Å². The number of amides is 1. The Balaban J connectivity index is 1.96. The smallest absolute Gasteiger partial charge is 0.246 e. The predicted octanol–water partition coefficient (Wildman–Crippen LogP) is 4.50. The molecule has 0 saturated heterocycles. The average Bonchev–Trinajstić information content (AvgIpc) is 3.21. The Labute approximate surface area is 170 Å². The summed E-state index contributed by atoms with van der Waals surface area (Å²) in [6, 6.07) is 24.2. The van der Waals surface area contributed by atoms with Crippen molar-refractivity contribution >= 4 is 22.5 Å². The van der Waals surface area contributed by atoms with Crippen LogP contribution in [0.15, 0.2) is 79.0 Å². The lowest BCUT2D eigenvalue weighted by Crippen LogP contribution is -2.40. The van der Waals surface area contributed by atoms with E-state index in [0.29, 0.717) is 0 Å². The molecule has 1 amide bonds. The summed E-state index contributed by atoms with van der Waals surface area (Å²) in [7, 11) is 5.54. The van der Waals surface area contributed by atoms with Crippen LogP contribution < -0.4 is 9.64 Å². The van der Waals surface area contributed by atoms with Crippen molar-refractivity contribution in [3.8, 4) is 5.75 Å². The quantitative estimate of drug-likeness (QED) is 0.523. The molecule has 0 radical (unpaired) electrons. The minimum atomic E-state index is -0.930. The van der Waals surface area contributed by atoms with Crippen LogP contribution in [0, 0.1) is 0 Å². The van der Waals surface area contributed by atoms with E-state index in [4.69, 9.17) is 4.74 Å². The molecule has 1 unspecified atom stereocenters. The minimum absolute atomic E-state index is 0.0447. The van der Waals surface area contributed by atoms with Crippen molar-refractivity contribution in [2.24, 2.45) is 7.05 Å².